The molecule has 0 aromatic rings. The molecule has 0 aromatic heterocycles. The molecule has 2 saturated heterocycles. The number of aliphatic hydroxyl groups excluding tert-OH is 5. The van der Waals surface area contributed by atoms with Gasteiger partial charge in [-0.15, -0.1) is 0 Å². The van der Waals surface area contributed by atoms with Crippen LogP contribution in [0.2, 0.25) is 0 Å². The van der Waals surface area contributed by atoms with Crippen molar-refractivity contribution in [3.8, 4) is 0 Å². The van der Waals surface area contributed by atoms with Crippen molar-refractivity contribution in [2.75, 3.05) is 33.4 Å². The van der Waals surface area contributed by atoms with Crippen molar-refractivity contribution in [2.24, 2.45) is 35.0 Å². The van der Waals surface area contributed by atoms with Crippen LogP contribution < -0.4 is 49.1 Å². The van der Waals surface area contributed by atoms with Gasteiger partial charge in [-0.2, -0.15) is 0 Å². The third-order valence-electron chi connectivity index (χ3n) is 13.0. The van der Waals surface area contributed by atoms with Gasteiger partial charge in [-0.3, -0.25) is 43.2 Å². The van der Waals surface area contributed by atoms with Crippen molar-refractivity contribution in [1.82, 2.24) is 31.9 Å². The van der Waals surface area contributed by atoms with Crippen LogP contribution in [0.15, 0.2) is 0 Å². The van der Waals surface area contributed by atoms with E-state index in [2.05, 4.69) is 31.9 Å². The Morgan fingerprint density at radius 3 is 1.75 bits per heavy atom. The second-order valence-corrected chi connectivity index (χ2v) is 19.4. The number of ether oxygens (including phenoxy) is 4. The van der Waals surface area contributed by atoms with E-state index < -0.39 is 195 Å². The number of carboxylic acids is 1. The number of nitrogens with one attached hydrogen (secondary N) is 6. The maximum Gasteiger partial charge on any atom is 0.309 e. The highest BCUT2D eigenvalue weighted by Gasteiger charge is 2.52. The van der Waals surface area contributed by atoms with Crippen LogP contribution in [0.3, 0.4) is 0 Å². The molecule has 2 aliphatic heterocycles. The molecule has 0 radical (unpaired) electrons. The second-order valence-electron chi connectivity index (χ2n) is 19.4. The predicted octanol–water partition coefficient (Wildman–Crippen LogP) is -5.61. The summed E-state index contributed by atoms with van der Waals surface area (Å²) in [5.41, 5.74) is 17.2. The fourth-order valence-corrected chi connectivity index (χ4v) is 8.66. The molecule has 2 rings (SSSR count). The Morgan fingerprint density at radius 1 is 0.667 bits per heavy atom. The van der Waals surface area contributed by atoms with E-state index in [-0.39, 0.29) is 19.4 Å². The summed E-state index contributed by atoms with van der Waals surface area (Å²) in [5, 5.41) is 78.3. The Labute approximate surface area is 436 Å². The quantitative estimate of drug-likeness (QED) is 0.0273. The highest BCUT2D eigenvalue weighted by Crippen LogP contribution is 2.30. The molecule has 18 N–H and O–H groups in total. The minimum Gasteiger partial charge on any atom is -0.481 e. The van der Waals surface area contributed by atoms with E-state index in [4.69, 9.17) is 36.1 Å². The average molecular weight is 1080 g/mol. The number of Topliss-reactive ketones (excluding diaryl/α,β-unsaturated/α-hetero) is 2. The van der Waals surface area contributed by atoms with Crippen LogP contribution >= 0.6 is 0 Å². The van der Waals surface area contributed by atoms with Gasteiger partial charge in [0.05, 0.1) is 49.3 Å². The fourth-order valence-electron chi connectivity index (χ4n) is 8.66. The van der Waals surface area contributed by atoms with Gasteiger partial charge in [0.15, 0.2) is 24.1 Å². The summed E-state index contributed by atoms with van der Waals surface area (Å²) >= 11 is 0. The molecule has 75 heavy (non-hydrogen) atoms. The number of carbonyl (C=O) groups is 9. The Kier molecular flexibility index (Phi) is 28.9. The first-order chi connectivity index (χ1) is 35.3. The molecule has 2 fully saturated rings. The summed E-state index contributed by atoms with van der Waals surface area (Å²) < 4.78 is 23.1. The van der Waals surface area contributed by atoms with Crippen LogP contribution in [0.5, 0.6) is 0 Å². The Balaban J connectivity index is 2.53. The van der Waals surface area contributed by atoms with Gasteiger partial charge in [-0.1, -0.05) is 20.3 Å². The fraction of sp³-hybridized carbons (Fsp3) is 0.809. The molecule has 2 aliphatic rings. The molecule has 2 heterocycles. The molecule has 28 nitrogen and oxygen atoms in total. The minimum atomic E-state index is -1.88. The third-order valence-corrected chi connectivity index (χ3v) is 13.0. The van der Waals surface area contributed by atoms with Crippen molar-refractivity contribution in [3.63, 3.8) is 0 Å². The molecule has 6 amide bonds. The summed E-state index contributed by atoms with van der Waals surface area (Å²) in [7, 11) is 1.23. The number of methoxy groups -OCH3 is 1. The SMILES string of the molecule is CO[C@@H]1C(CO)O[C@@H](O[C@@H]2C(CO)OC(NC(=O)CC(CC(=O)C(C)NC(=O)C(NC(=O)C(N)CCCCN)C(C)C)C(=O)NC(CCCCN)C(=O)CC(C(=O)O)C(C)O)[C@@H](NC(C)=O)[C@H]2O)C(NC(C)=O)[C@H]1O. The van der Waals surface area contributed by atoms with Crippen LogP contribution in [0, 0.1) is 17.8 Å². The van der Waals surface area contributed by atoms with Crippen molar-refractivity contribution in [2.45, 2.75) is 191 Å². The molecule has 0 aromatic carbocycles. The largest absolute Gasteiger partial charge is 0.481 e. The molecule has 0 bridgehead atoms. The van der Waals surface area contributed by atoms with E-state index in [0.29, 0.717) is 32.2 Å². The molecule has 11 unspecified atom stereocenters. The summed E-state index contributed by atoms with van der Waals surface area (Å²) in [6, 6.07) is -7.85. The number of ketones is 2. The first-order valence-corrected chi connectivity index (χ1v) is 25.2. The number of nitrogens with two attached hydrogens (primary N) is 3. The lowest BCUT2D eigenvalue weighted by Crippen LogP contribution is -2.71. The van der Waals surface area contributed by atoms with Gasteiger partial charge >= 0.3 is 5.97 Å². The number of aliphatic carboxylic acids is 1. The highest BCUT2D eigenvalue weighted by molar-refractivity contribution is 5.97. The molecule has 0 spiro atoms. The maximum atomic E-state index is 14.3. The zero-order chi connectivity index (χ0) is 56.9. The van der Waals surface area contributed by atoms with Crippen LogP contribution in [-0.4, -0.2) is 209 Å². The molecular weight excluding hydrogens is 995 g/mol. The predicted molar refractivity (Wildman–Crippen MR) is 263 cm³/mol. The summed E-state index contributed by atoms with van der Waals surface area (Å²) in [5.74, 6) is -11.7. The Hall–Kier alpha value is -4.85. The van der Waals surface area contributed by atoms with E-state index in [1.807, 2.05) is 0 Å². The van der Waals surface area contributed by atoms with Crippen molar-refractivity contribution < 1.29 is 92.7 Å². The lowest BCUT2D eigenvalue weighted by molar-refractivity contribution is -0.317. The smallest absolute Gasteiger partial charge is 0.309 e. The summed E-state index contributed by atoms with van der Waals surface area (Å²) in [6.07, 6.45) is -14.1. The van der Waals surface area contributed by atoms with Crippen LogP contribution in [0.4, 0.5) is 0 Å². The molecular formula is C47H83N9O19. The molecule has 0 aliphatic carbocycles. The number of rotatable bonds is 33. The number of carboxylic acid groups (broad SMARTS) is 1. The lowest BCUT2D eigenvalue weighted by Gasteiger charge is -2.48. The van der Waals surface area contributed by atoms with Crippen LogP contribution in [0.25, 0.3) is 0 Å². The zero-order valence-corrected chi connectivity index (χ0v) is 43.8. The van der Waals surface area contributed by atoms with E-state index in [1.165, 1.54) is 21.0 Å². The van der Waals surface area contributed by atoms with Crippen LogP contribution in [-0.2, 0) is 62.1 Å². The Morgan fingerprint density at radius 2 is 1.23 bits per heavy atom. The normalized spacial score (nSPS) is 26.5. The van der Waals surface area contributed by atoms with Gasteiger partial charge in [0.1, 0.15) is 54.7 Å². The molecule has 17 atom stereocenters. The van der Waals surface area contributed by atoms with Crippen molar-refractivity contribution in [1.29, 1.82) is 0 Å². The number of carbonyl (C=O) groups excluding carboxylic acids is 8. The third kappa shape index (κ3) is 20.6. The maximum absolute atomic E-state index is 14.3. The van der Waals surface area contributed by atoms with Gasteiger partial charge in [0, 0.05) is 40.2 Å². The molecule has 0 saturated carbocycles. The number of amides is 6. The molecule has 28 heteroatoms. The first kappa shape index (κ1) is 66.3. The Bertz CT molecular complexity index is 1900. The zero-order valence-electron chi connectivity index (χ0n) is 43.8. The number of hydrogen-bond donors (Lipinski definition) is 15. The van der Waals surface area contributed by atoms with Crippen molar-refractivity contribution in [3.05, 3.63) is 0 Å². The van der Waals surface area contributed by atoms with E-state index >= 15 is 0 Å². The van der Waals surface area contributed by atoms with E-state index in [9.17, 15) is 73.8 Å². The number of unbranched alkanes of at least 4 members (excludes halogenated alkanes) is 2. The molecule has 430 valence electrons. The average Bonchev–Trinajstić information content (AvgIpc) is 3.33. The van der Waals surface area contributed by atoms with Gasteiger partial charge in [-0.05, 0) is 65.0 Å². The second kappa shape index (κ2) is 32.7. The summed E-state index contributed by atoms with van der Waals surface area (Å²) in [4.78, 5) is 119. The lowest BCUT2D eigenvalue weighted by atomic mass is 9.90. The summed E-state index contributed by atoms with van der Waals surface area (Å²) in [6.45, 7) is 6.95. The number of aliphatic hydroxyl groups is 5. The van der Waals surface area contributed by atoms with E-state index in [0.717, 1.165) is 13.8 Å². The number of hydrogen-bond acceptors (Lipinski definition) is 21. The van der Waals surface area contributed by atoms with Crippen molar-refractivity contribution >= 4 is 53.0 Å². The topological polar surface area (TPSA) is 462 Å². The highest BCUT2D eigenvalue weighted by atomic mass is 16.7. The van der Waals surface area contributed by atoms with Gasteiger partial charge < -0.3 is 98.7 Å². The minimum absolute atomic E-state index is 0.0613. The van der Waals surface area contributed by atoms with Gasteiger partial charge in [0.25, 0.3) is 0 Å². The van der Waals surface area contributed by atoms with E-state index in [1.54, 1.807) is 13.8 Å². The first-order valence-electron chi connectivity index (χ1n) is 25.2. The monoisotopic (exact) mass is 1080 g/mol. The van der Waals surface area contributed by atoms with Gasteiger partial charge in [-0.25, -0.2) is 0 Å². The standard InChI is InChI=1S/C47H83N9O19/c1-21(2)35(56-43(68)28(50)12-8-10-14-48)44(69)51-22(3)30(62)16-26(42(67)54-29(13-9-11-15-49)31(63)18-27(23(4)59)46(70)71)17-34(64)55-45-36(52-24(5)60)38(65)41(33(20-58)73-45)75-47-37(53-25(6)61)39(66)40(72-7)32(19-57)74-47/h21-23,26-29,32-33,35-41,45,47,57-59,65-66H,8-20,48-50H2,1-7H3,(H,51,69)(H,52,60)(H,53,61)(H,54,67)(H,55,64)(H,56,68)(H,70,71)/t22?,23?,26?,27?,28?,29?,32?,33?,35?,36-,37?,38+,39+,40+,41+,45?,47-/m0/s1. The van der Waals surface area contributed by atoms with Gasteiger partial charge in [0.2, 0.25) is 35.4 Å². The van der Waals surface area contributed by atoms with Crippen LogP contribution in [0.1, 0.15) is 99.3 Å².